The van der Waals surface area contributed by atoms with E-state index in [4.69, 9.17) is 9.47 Å². The van der Waals surface area contributed by atoms with Crippen LogP contribution < -0.4 is 20.1 Å². The van der Waals surface area contributed by atoms with Gasteiger partial charge in [0, 0.05) is 17.4 Å². The van der Waals surface area contributed by atoms with Gasteiger partial charge in [-0.15, -0.1) is 0 Å². The van der Waals surface area contributed by atoms with Gasteiger partial charge in [0.05, 0.1) is 5.69 Å². The highest BCUT2D eigenvalue weighted by Crippen LogP contribution is 2.34. The van der Waals surface area contributed by atoms with Crippen LogP contribution in [0.2, 0.25) is 0 Å². The van der Waals surface area contributed by atoms with E-state index in [1.807, 2.05) is 55.5 Å². The molecule has 0 saturated carbocycles. The van der Waals surface area contributed by atoms with Crippen molar-refractivity contribution in [3.63, 3.8) is 0 Å². The number of nitrogens with one attached hydrogen (secondary N) is 2. The van der Waals surface area contributed by atoms with E-state index >= 15 is 0 Å². The molecule has 0 radical (unpaired) electrons. The first-order valence-corrected chi connectivity index (χ1v) is 9.01. The molecule has 3 aromatic rings. The molecular formula is C19H17N3O3S. The van der Waals surface area contributed by atoms with Crippen molar-refractivity contribution in [3.8, 4) is 11.5 Å². The van der Waals surface area contributed by atoms with E-state index in [0.717, 1.165) is 17.1 Å². The van der Waals surface area contributed by atoms with Gasteiger partial charge in [-0.05, 0) is 31.2 Å². The smallest absolute Gasteiger partial charge is 0.267 e. The van der Waals surface area contributed by atoms with Crippen molar-refractivity contribution in [2.24, 2.45) is 0 Å². The summed E-state index contributed by atoms with van der Waals surface area (Å²) in [5, 5.41) is 6.76. The molecule has 0 aliphatic carbocycles. The molecular weight excluding hydrogens is 350 g/mol. The Labute approximate surface area is 154 Å². The highest BCUT2D eigenvalue weighted by molar-refractivity contribution is 7.17. The summed E-state index contributed by atoms with van der Waals surface area (Å²) >= 11 is 1.31. The summed E-state index contributed by atoms with van der Waals surface area (Å²) in [5.74, 6) is 1.28. The molecule has 0 atom stereocenters. The molecule has 1 aliphatic rings. The fourth-order valence-electron chi connectivity index (χ4n) is 2.61. The lowest BCUT2D eigenvalue weighted by molar-refractivity contribution is 0.103. The van der Waals surface area contributed by atoms with Crippen molar-refractivity contribution >= 4 is 33.8 Å². The third-order valence-corrected chi connectivity index (χ3v) is 4.90. The molecule has 6 nitrogen and oxygen atoms in total. The molecule has 7 heteroatoms. The molecule has 26 heavy (non-hydrogen) atoms. The molecule has 1 aromatic heterocycles. The Hall–Kier alpha value is -3.06. The number of hydrogen-bond acceptors (Lipinski definition) is 6. The van der Waals surface area contributed by atoms with Crippen LogP contribution in [0.4, 0.5) is 16.5 Å². The molecule has 0 unspecified atom stereocenters. The Morgan fingerprint density at radius 2 is 1.81 bits per heavy atom. The van der Waals surface area contributed by atoms with Gasteiger partial charge in [-0.2, -0.15) is 0 Å². The molecule has 1 amide bonds. The monoisotopic (exact) mass is 367 g/mol. The van der Waals surface area contributed by atoms with Crippen LogP contribution in [0.15, 0.2) is 48.5 Å². The second-order valence-electron chi connectivity index (χ2n) is 5.74. The summed E-state index contributed by atoms with van der Waals surface area (Å²) < 4.78 is 11.1. The van der Waals surface area contributed by atoms with Crippen molar-refractivity contribution in [1.82, 2.24) is 4.98 Å². The zero-order valence-corrected chi connectivity index (χ0v) is 14.9. The number of para-hydroxylation sites is 1. The van der Waals surface area contributed by atoms with Crippen LogP contribution in [0, 0.1) is 6.92 Å². The van der Waals surface area contributed by atoms with Crippen LogP contribution in [0.25, 0.3) is 0 Å². The van der Waals surface area contributed by atoms with Crippen molar-refractivity contribution < 1.29 is 14.3 Å². The lowest BCUT2D eigenvalue weighted by Crippen LogP contribution is -2.15. The number of hydrogen-bond donors (Lipinski definition) is 2. The third kappa shape index (κ3) is 3.48. The summed E-state index contributed by atoms with van der Waals surface area (Å²) in [4.78, 5) is 17.5. The highest BCUT2D eigenvalue weighted by atomic mass is 32.1. The number of benzene rings is 2. The number of thiazole rings is 1. The number of anilines is 3. The molecule has 0 spiro atoms. The summed E-state index contributed by atoms with van der Waals surface area (Å²) in [7, 11) is 0. The Morgan fingerprint density at radius 1 is 1.04 bits per heavy atom. The lowest BCUT2D eigenvalue weighted by atomic mass is 10.2. The number of ether oxygens (including phenoxy) is 2. The van der Waals surface area contributed by atoms with Gasteiger partial charge in [-0.3, -0.25) is 4.79 Å². The topological polar surface area (TPSA) is 72.5 Å². The second-order valence-corrected chi connectivity index (χ2v) is 6.74. The minimum absolute atomic E-state index is 0.165. The number of fused-ring (bicyclic) bond motifs is 1. The number of amides is 1. The second kappa shape index (κ2) is 7.05. The highest BCUT2D eigenvalue weighted by Gasteiger charge is 2.17. The van der Waals surface area contributed by atoms with Crippen LogP contribution >= 0.6 is 11.3 Å². The number of nitrogens with zero attached hydrogens (tertiary/aromatic N) is 1. The summed E-state index contributed by atoms with van der Waals surface area (Å²) in [6.45, 7) is 2.92. The number of rotatable bonds is 4. The normalized spacial score (nSPS) is 12.5. The average molecular weight is 367 g/mol. The molecule has 1 aliphatic heterocycles. The maximum atomic E-state index is 12.5. The Balaban J connectivity index is 1.50. The van der Waals surface area contributed by atoms with Gasteiger partial charge in [-0.25, -0.2) is 4.98 Å². The average Bonchev–Trinajstić information content (AvgIpc) is 3.03. The first-order valence-electron chi connectivity index (χ1n) is 8.19. The Morgan fingerprint density at radius 3 is 2.62 bits per heavy atom. The van der Waals surface area contributed by atoms with E-state index < -0.39 is 0 Å². The van der Waals surface area contributed by atoms with E-state index in [1.165, 1.54) is 11.3 Å². The molecule has 0 bridgehead atoms. The first-order chi connectivity index (χ1) is 12.7. The number of aryl methyl sites for hydroxylation is 1. The van der Waals surface area contributed by atoms with Gasteiger partial charge < -0.3 is 20.1 Å². The van der Waals surface area contributed by atoms with E-state index in [2.05, 4.69) is 15.6 Å². The summed E-state index contributed by atoms with van der Waals surface area (Å²) in [6.07, 6.45) is 0. The van der Waals surface area contributed by atoms with Crippen LogP contribution in [-0.2, 0) is 0 Å². The van der Waals surface area contributed by atoms with Gasteiger partial charge in [0.1, 0.15) is 18.1 Å². The standard InChI is InChI=1S/C19H17N3O3S/c1-12-17(18(23)21-13-5-3-2-4-6-13)26-19(20-12)22-14-7-8-15-16(11-14)25-10-9-24-15/h2-8,11H,9-10H2,1H3,(H,20,22)(H,21,23). The summed E-state index contributed by atoms with van der Waals surface area (Å²) in [5.41, 5.74) is 2.27. The van der Waals surface area contributed by atoms with Gasteiger partial charge in [0.25, 0.3) is 5.91 Å². The molecule has 0 fully saturated rings. The predicted octanol–water partition coefficient (Wildman–Crippen LogP) is 4.22. The molecule has 132 valence electrons. The molecule has 2 N–H and O–H groups in total. The van der Waals surface area contributed by atoms with E-state index in [9.17, 15) is 4.79 Å². The quantitative estimate of drug-likeness (QED) is 0.722. The summed E-state index contributed by atoms with van der Waals surface area (Å²) in [6, 6.07) is 15.0. The SMILES string of the molecule is Cc1nc(Nc2ccc3c(c2)OCCO3)sc1C(=O)Nc1ccccc1. The zero-order chi connectivity index (χ0) is 17.9. The van der Waals surface area contributed by atoms with E-state index in [0.29, 0.717) is 34.7 Å². The van der Waals surface area contributed by atoms with E-state index in [-0.39, 0.29) is 5.91 Å². The van der Waals surface area contributed by atoms with Crippen LogP contribution in [0.5, 0.6) is 11.5 Å². The zero-order valence-electron chi connectivity index (χ0n) is 14.1. The molecule has 0 saturated heterocycles. The number of carbonyl (C=O) groups is 1. The van der Waals surface area contributed by atoms with Crippen molar-refractivity contribution in [1.29, 1.82) is 0 Å². The maximum Gasteiger partial charge on any atom is 0.267 e. The molecule has 2 aromatic carbocycles. The lowest BCUT2D eigenvalue weighted by Gasteiger charge is -2.18. The van der Waals surface area contributed by atoms with Crippen molar-refractivity contribution in [2.75, 3.05) is 23.8 Å². The predicted molar refractivity (Wildman–Crippen MR) is 102 cm³/mol. The largest absolute Gasteiger partial charge is 0.486 e. The number of carbonyl (C=O) groups excluding carboxylic acids is 1. The van der Waals surface area contributed by atoms with Crippen LogP contribution in [-0.4, -0.2) is 24.1 Å². The first kappa shape index (κ1) is 16.4. The van der Waals surface area contributed by atoms with Gasteiger partial charge >= 0.3 is 0 Å². The third-order valence-electron chi connectivity index (χ3n) is 3.83. The fourth-order valence-corrected chi connectivity index (χ4v) is 3.50. The van der Waals surface area contributed by atoms with Crippen molar-refractivity contribution in [2.45, 2.75) is 6.92 Å². The minimum Gasteiger partial charge on any atom is -0.486 e. The molecule has 4 rings (SSSR count). The molecule has 2 heterocycles. The maximum absolute atomic E-state index is 12.5. The van der Waals surface area contributed by atoms with Gasteiger partial charge in [0.15, 0.2) is 16.6 Å². The van der Waals surface area contributed by atoms with Crippen LogP contribution in [0.1, 0.15) is 15.4 Å². The van der Waals surface area contributed by atoms with Gasteiger partial charge in [-0.1, -0.05) is 29.5 Å². The Kier molecular flexibility index (Phi) is 4.45. The van der Waals surface area contributed by atoms with Crippen molar-refractivity contribution in [3.05, 3.63) is 59.1 Å². The van der Waals surface area contributed by atoms with Crippen LogP contribution in [0.3, 0.4) is 0 Å². The van der Waals surface area contributed by atoms with E-state index in [1.54, 1.807) is 0 Å². The number of aromatic nitrogens is 1. The van der Waals surface area contributed by atoms with Gasteiger partial charge in [0.2, 0.25) is 0 Å². The fraction of sp³-hybridized carbons (Fsp3) is 0.158. The Bertz CT molecular complexity index is 940. The minimum atomic E-state index is -0.165.